The molecule has 1 aliphatic rings. The molecule has 0 spiro atoms. The summed E-state index contributed by atoms with van der Waals surface area (Å²) in [6, 6.07) is -0.0768. The maximum absolute atomic E-state index is 6.36. The monoisotopic (exact) mass is 267 g/mol. The van der Waals surface area contributed by atoms with Crippen molar-refractivity contribution >= 4 is 0 Å². The largest absolute Gasteiger partial charge is 0.493 e. The van der Waals surface area contributed by atoms with E-state index in [9.17, 15) is 0 Å². The highest BCUT2D eigenvalue weighted by molar-refractivity contribution is 5.28. The molecule has 2 unspecified atom stereocenters. The third-order valence-electron chi connectivity index (χ3n) is 3.64. The van der Waals surface area contributed by atoms with Gasteiger partial charge in [0.1, 0.15) is 0 Å². The Morgan fingerprint density at radius 1 is 1.58 bits per heavy atom. The van der Waals surface area contributed by atoms with E-state index in [2.05, 4.69) is 12.0 Å². The maximum Gasteiger partial charge on any atom is 0.161 e. The van der Waals surface area contributed by atoms with Gasteiger partial charge in [0, 0.05) is 13.2 Å². The minimum absolute atomic E-state index is 0.0768. The lowest BCUT2D eigenvalue weighted by Crippen LogP contribution is -2.26. The molecule has 1 saturated heterocycles. The van der Waals surface area contributed by atoms with Gasteiger partial charge in [-0.15, -0.1) is 0 Å². The van der Waals surface area contributed by atoms with Crippen LogP contribution in [0.5, 0.6) is 5.75 Å². The molecular weight excluding hydrogens is 242 g/mol. The number of rotatable bonds is 6. The van der Waals surface area contributed by atoms with Gasteiger partial charge >= 0.3 is 0 Å². The van der Waals surface area contributed by atoms with Gasteiger partial charge in [0.2, 0.25) is 0 Å². The van der Waals surface area contributed by atoms with Gasteiger partial charge in [0.25, 0.3) is 0 Å². The third kappa shape index (κ3) is 3.48. The van der Waals surface area contributed by atoms with Crippen LogP contribution >= 0.6 is 0 Å². The molecular formula is C14H25N3O2. The number of aryl methyl sites for hydroxylation is 1. The molecule has 0 radical (unpaired) electrons. The van der Waals surface area contributed by atoms with Gasteiger partial charge in [-0.3, -0.25) is 4.68 Å². The van der Waals surface area contributed by atoms with Crippen LogP contribution in [0.2, 0.25) is 0 Å². The quantitative estimate of drug-likeness (QED) is 0.858. The predicted molar refractivity (Wildman–Crippen MR) is 74.2 cm³/mol. The average Bonchev–Trinajstić information content (AvgIpc) is 2.83. The van der Waals surface area contributed by atoms with Gasteiger partial charge in [0.15, 0.2) is 5.75 Å². The summed E-state index contributed by atoms with van der Waals surface area (Å²) in [6.07, 6.45) is 7.42. The fourth-order valence-electron chi connectivity index (χ4n) is 2.69. The number of hydrogen-bond donors (Lipinski definition) is 1. The second-order valence-electron chi connectivity index (χ2n) is 5.15. The Balaban J connectivity index is 2.07. The fraction of sp³-hybridized carbons (Fsp3) is 0.786. The molecule has 19 heavy (non-hydrogen) atoms. The van der Waals surface area contributed by atoms with E-state index in [4.69, 9.17) is 15.2 Å². The molecule has 2 N–H and O–H groups in total. The van der Waals surface area contributed by atoms with Crippen LogP contribution in [-0.4, -0.2) is 29.6 Å². The van der Waals surface area contributed by atoms with Gasteiger partial charge in [-0.25, -0.2) is 0 Å². The van der Waals surface area contributed by atoms with E-state index in [1.165, 1.54) is 12.8 Å². The Morgan fingerprint density at radius 2 is 2.42 bits per heavy atom. The summed E-state index contributed by atoms with van der Waals surface area (Å²) in [5, 5.41) is 4.36. The molecule has 5 heteroatoms. The number of nitrogens with zero attached hydrogens (tertiary/aromatic N) is 2. The zero-order chi connectivity index (χ0) is 13.7. The Morgan fingerprint density at radius 3 is 3.05 bits per heavy atom. The second-order valence-corrected chi connectivity index (χ2v) is 5.15. The molecule has 1 fully saturated rings. The molecule has 2 rings (SSSR count). The standard InChI is InChI=1S/C14H25N3O2/c1-3-7-17-14(13(18-2)10-16-17)12(15)9-11-6-4-5-8-19-11/h10-12H,3-9,15H2,1-2H3. The van der Waals surface area contributed by atoms with Crippen LogP contribution in [0.15, 0.2) is 6.20 Å². The first kappa shape index (κ1) is 14.3. The Hall–Kier alpha value is -1.07. The van der Waals surface area contributed by atoms with Crippen LogP contribution in [0.4, 0.5) is 0 Å². The van der Waals surface area contributed by atoms with Gasteiger partial charge < -0.3 is 15.2 Å². The smallest absolute Gasteiger partial charge is 0.161 e. The van der Waals surface area contributed by atoms with Crippen LogP contribution in [0.25, 0.3) is 0 Å². The van der Waals surface area contributed by atoms with Crippen LogP contribution in [0.1, 0.15) is 50.8 Å². The molecule has 2 heterocycles. The van der Waals surface area contributed by atoms with E-state index in [1.807, 2.05) is 4.68 Å². The normalized spacial score (nSPS) is 21.3. The third-order valence-corrected chi connectivity index (χ3v) is 3.64. The lowest BCUT2D eigenvalue weighted by atomic mass is 10.00. The highest BCUT2D eigenvalue weighted by atomic mass is 16.5. The van der Waals surface area contributed by atoms with Gasteiger partial charge in [-0.1, -0.05) is 6.92 Å². The molecule has 1 aliphatic heterocycles. The highest BCUT2D eigenvalue weighted by Crippen LogP contribution is 2.29. The molecule has 0 amide bonds. The lowest BCUT2D eigenvalue weighted by Gasteiger charge is -2.25. The highest BCUT2D eigenvalue weighted by Gasteiger charge is 2.23. The van der Waals surface area contributed by atoms with Crippen LogP contribution < -0.4 is 10.5 Å². The number of ether oxygens (including phenoxy) is 2. The zero-order valence-electron chi connectivity index (χ0n) is 12.0. The molecule has 108 valence electrons. The molecule has 1 aromatic rings. The van der Waals surface area contributed by atoms with E-state index in [-0.39, 0.29) is 12.1 Å². The number of hydrogen-bond acceptors (Lipinski definition) is 4. The minimum atomic E-state index is -0.0768. The van der Waals surface area contributed by atoms with Crippen molar-refractivity contribution in [2.45, 2.75) is 57.7 Å². The van der Waals surface area contributed by atoms with Gasteiger partial charge in [-0.2, -0.15) is 5.10 Å². The molecule has 5 nitrogen and oxygen atoms in total. The summed E-state index contributed by atoms with van der Waals surface area (Å²) in [6.45, 7) is 3.87. The minimum Gasteiger partial charge on any atom is -0.493 e. The Kier molecular flexibility index (Phi) is 5.22. The lowest BCUT2D eigenvalue weighted by molar-refractivity contribution is 0.00675. The summed E-state index contributed by atoms with van der Waals surface area (Å²) in [5.41, 5.74) is 7.36. The summed E-state index contributed by atoms with van der Waals surface area (Å²) in [7, 11) is 1.67. The van der Waals surface area contributed by atoms with Crippen molar-refractivity contribution in [3.8, 4) is 5.75 Å². The van der Waals surface area contributed by atoms with E-state index in [0.29, 0.717) is 0 Å². The van der Waals surface area contributed by atoms with Crippen molar-refractivity contribution in [3.63, 3.8) is 0 Å². The summed E-state index contributed by atoms with van der Waals surface area (Å²) in [5.74, 6) is 0.789. The van der Waals surface area contributed by atoms with Crippen molar-refractivity contribution in [1.29, 1.82) is 0 Å². The topological polar surface area (TPSA) is 62.3 Å². The molecule has 0 aliphatic carbocycles. The van der Waals surface area contributed by atoms with Gasteiger partial charge in [0.05, 0.1) is 31.1 Å². The van der Waals surface area contributed by atoms with Crippen molar-refractivity contribution in [2.75, 3.05) is 13.7 Å². The summed E-state index contributed by atoms with van der Waals surface area (Å²) in [4.78, 5) is 0. The van der Waals surface area contributed by atoms with Crippen LogP contribution in [0.3, 0.4) is 0 Å². The summed E-state index contributed by atoms with van der Waals surface area (Å²) < 4.78 is 13.1. The zero-order valence-corrected chi connectivity index (χ0v) is 12.0. The van der Waals surface area contributed by atoms with Crippen LogP contribution in [-0.2, 0) is 11.3 Å². The van der Waals surface area contributed by atoms with E-state index in [0.717, 1.165) is 43.9 Å². The van der Waals surface area contributed by atoms with Crippen molar-refractivity contribution in [3.05, 3.63) is 11.9 Å². The van der Waals surface area contributed by atoms with E-state index in [1.54, 1.807) is 13.3 Å². The average molecular weight is 267 g/mol. The maximum atomic E-state index is 6.36. The molecule has 0 saturated carbocycles. The van der Waals surface area contributed by atoms with Crippen molar-refractivity contribution in [1.82, 2.24) is 9.78 Å². The summed E-state index contributed by atoms with van der Waals surface area (Å²) >= 11 is 0. The first-order chi connectivity index (χ1) is 9.26. The Bertz CT molecular complexity index is 386. The molecule has 2 atom stereocenters. The van der Waals surface area contributed by atoms with Crippen molar-refractivity contribution in [2.24, 2.45) is 5.73 Å². The van der Waals surface area contributed by atoms with E-state index < -0.39 is 0 Å². The van der Waals surface area contributed by atoms with Gasteiger partial charge in [-0.05, 0) is 32.1 Å². The van der Waals surface area contributed by atoms with E-state index >= 15 is 0 Å². The first-order valence-corrected chi connectivity index (χ1v) is 7.23. The first-order valence-electron chi connectivity index (χ1n) is 7.23. The van der Waals surface area contributed by atoms with Crippen molar-refractivity contribution < 1.29 is 9.47 Å². The molecule has 0 aromatic carbocycles. The predicted octanol–water partition coefficient (Wildman–Crippen LogP) is 2.26. The fourth-order valence-corrected chi connectivity index (χ4v) is 2.69. The number of methoxy groups -OCH3 is 1. The Labute approximate surface area is 115 Å². The second kappa shape index (κ2) is 6.91. The number of aromatic nitrogens is 2. The SMILES string of the molecule is CCCn1ncc(OC)c1C(N)CC1CCCCO1. The number of nitrogens with two attached hydrogens (primary N) is 1. The van der Waals surface area contributed by atoms with Crippen LogP contribution in [0, 0.1) is 0 Å². The molecule has 1 aromatic heterocycles. The molecule has 0 bridgehead atoms.